The van der Waals surface area contributed by atoms with E-state index in [0.717, 1.165) is 34.4 Å². The van der Waals surface area contributed by atoms with E-state index in [1.54, 1.807) is 0 Å². The highest BCUT2D eigenvalue weighted by atomic mass is 79.9. The predicted octanol–water partition coefficient (Wildman–Crippen LogP) is 5.14. The molecule has 2 aromatic carbocycles. The summed E-state index contributed by atoms with van der Waals surface area (Å²) in [6.45, 7) is 6.25. The van der Waals surface area contributed by atoms with Crippen LogP contribution in [0.15, 0.2) is 40.9 Å². The Hall–Kier alpha value is -1.32. The molecule has 0 saturated heterocycles. The predicted molar refractivity (Wildman–Crippen MR) is 92.1 cm³/mol. The zero-order valence-corrected chi connectivity index (χ0v) is 14.4. The zero-order chi connectivity index (χ0) is 15.4. The van der Waals surface area contributed by atoms with Gasteiger partial charge in [-0.05, 0) is 56.0 Å². The molecule has 0 aliphatic carbocycles. The maximum absolute atomic E-state index is 6.02. The molecule has 0 aromatic heterocycles. The van der Waals surface area contributed by atoms with Crippen molar-refractivity contribution in [2.24, 2.45) is 5.73 Å². The maximum atomic E-state index is 6.02. The van der Waals surface area contributed by atoms with E-state index in [1.807, 2.05) is 18.2 Å². The number of ether oxygens (including phenoxy) is 1. The number of rotatable bonds is 5. The van der Waals surface area contributed by atoms with Crippen molar-refractivity contribution in [3.8, 4) is 11.5 Å². The third kappa shape index (κ3) is 4.32. The number of hydrogen-bond acceptors (Lipinski definition) is 2. The van der Waals surface area contributed by atoms with Gasteiger partial charge in [-0.2, -0.15) is 0 Å². The minimum Gasteiger partial charge on any atom is -0.457 e. The van der Waals surface area contributed by atoms with Crippen molar-refractivity contribution in [1.82, 2.24) is 0 Å². The lowest BCUT2D eigenvalue weighted by Crippen LogP contribution is -2.21. The second-order valence-electron chi connectivity index (χ2n) is 5.50. The summed E-state index contributed by atoms with van der Waals surface area (Å²) < 4.78 is 7.02. The van der Waals surface area contributed by atoms with Gasteiger partial charge in [-0.1, -0.05) is 46.6 Å². The van der Waals surface area contributed by atoms with E-state index in [1.165, 1.54) is 11.1 Å². The topological polar surface area (TPSA) is 35.2 Å². The Morgan fingerprint density at radius 1 is 1.14 bits per heavy atom. The summed E-state index contributed by atoms with van der Waals surface area (Å²) in [4.78, 5) is 0. The standard InChI is InChI=1S/C18H22BrNO/c1-4-15(20)10-14-6-7-16(11-17(14)19)21-18-8-5-12(2)9-13(18)3/h5-9,11,15H,4,10,20H2,1-3H3. The minimum absolute atomic E-state index is 0.201. The van der Waals surface area contributed by atoms with Crippen LogP contribution in [0.3, 0.4) is 0 Å². The fourth-order valence-electron chi connectivity index (χ4n) is 2.22. The summed E-state index contributed by atoms with van der Waals surface area (Å²) >= 11 is 3.61. The highest BCUT2D eigenvalue weighted by molar-refractivity contribution is 9.10. The van der Waals surface area contributed by atoms with E-state index >= 15 is 0 Å². The first-order valence-electron chi connectivity index (χ1n) is 7.28. The van der Waals surface area contributed by atoms with Crippen LogP contribution in [0.25, 0.3) is 0 Å². The highest BCUT2D eigenvalue weighted by Gasteiger charge is 2.08. The van der Waals surface area contributed by atoms with Gasteiger partial charge >= 0.3 is 0 Å². The minimum atomic E-state index is 0.201. The third-order valence-electron chi connectivity index (χ3n) is 3.59. The Bertz CT molecular complexity index is 625. The van der Waals surface area contributed by atoms with Crippen LogP contribution in [-0.2, 0) is 6.42 Å². The molecule has 3 heteroatoms. The van der Waals surface area contributed by atoms with Crippen LogP contribution in [0.2, 0.25) is 0 Å². The van der Waals surface area contributed by atoms with Crippen LogP contribution in [0.4, 0.5) is 0 Å². The van der Waals surface area contributed by atoms with Gasteiger partial charge in [-0.3, -0.25) is 0 Å². The van der Waals surface area contributed by atoms with Crippen LogP contribution < -0.4 is 10.5 Å². The Morgan fingerprint density at radius 3 is 2.52 bits per heavy atom. The molecule has 0 aliphatic rings. The first-order chi connectivity index (χ1) is 9.99. The molecular weight excluding hydrogens is 326 g/mol. The lowest BCUT2D eigenvalue weighted by atomic mass is 10.0. The Morgan fingerprint density at radius 2 is 1.90 bits per heavy atom. The third-order valence-corrected chi connectivity index (χ3v) is 4.33. The molecule has 0 saturated carbocycles. The maximum Gasteiger partial charge on any atom is 0.130 e. The Kier molecular flexibility index (Phi) is 5.43. The van der Waals surface area contributed by atoms with Gasteiger partial charge in [0.05, 0.1) is 0 Å². The summed E-state index contributed by atoms with van der Waals surface area (Å²) in [5, 5.41) is 0. The molecule has 0 spiro atoms. The van der Waals surface area contributed by atoms with E-state index in [2.05, 4.69) is 54.9 Å². The SMILES string of the molecule is CCC(N)Cc1ccc(Oc2ccc(C)cc2C)cc1Br. The van der Waals surface area contributed by atoms with Crippen LogP contribution in [0, 0.1) is 13.8 Å². The number of nitrogens with two attached hydrogens (primary N) is 1. The van der Waals surface area contributed by atoms with Gasteiger partial charge in [0.2, 0.25) is 0 Å². The monoisotopic (exact) mass is 347 g/mol. The average molecular weight is 348 g/mol. The molecule has 2 nitrogen and oxygen atoms in total. The smallest absolute Gasteiger partial charge is 0.130 e. The van der Waals surface area contributed by atoms with Crippen molar-refractivity contribution in [2.75, 3.05) is 0 Å². The lowest BCUT2D eigenvalue weighted by Gasteiger charge is -2.13. The summed E-state index contributed by atoms with van der Waals surface area (Å²) in [5.41, 5.74) is 9.62. The molecule has 1 atom stereocenters. The van der Waals surface area contributed by atoms with Crippen molar-refractivity contribution >= 4 is 15.9 Å². The van der Waals surface area contributed by atoms with E-state index < -0.39 is 0 Å². The molecule has 2 aromatic rings. The molecule has 0 amide bonds. The molecular formula is C18H22BrNO. The van der Waals surface area contributed by atoms with Gasteiger partial charge in [0.15, 0.2) is 0 Å². The fourth-order valence-corrected chi connectivity index (χ4v) is 2.74. The first-order valence-corrected chi connectivity index (χ1v) is 8.08. The molecule has 0 bridgehead atoms. The summed E-state index contributed by atoms with van der Waals surface area (Å²) in [6, 6.07) is 12.5. The normalized spacial score (nSPS) is 12.2. The van der Waals surface area contributed by atoms with Gasteiger partial charge in [0.25, 0.3) is 0 Å². The number of hydrogen-bond donors (Lipinski definition) is 1. The molecule has 2 rings (SSSR count). The highest BCUT2D eigenvalue weighted by Crippen LogP contribution is 2.29. The molecule has 0 aliphatic heterocycles. The summed E-state index contributed by atoms with van der Waals surface area (Å²) in [6.07, 6.45) is 1.86. The molecule has 112 valence electrons. The lowest BCUT2D eigenvalue weighted by molar-refractivity contribution is 0.478. The molecule has 21 heavy (non-hydrogen) atoms. The Balaban J connectivity index is 2.16. The zero-order valence-electron chi connectivity index (χ0n) is 12.8. The van der Waals surface area contributed by atoms with E-state index in [9.17, 15) is 0 Å². The number of halogens is 1. The second kappa shape index (κ2) is 7.10. The molecule has 0 radical (unpaired) electrons. The summed E-state index contributed by atoms with van der Waals surface area (Å²) in [7, 11) is 0. The van der Waals surface area contributed by atoms with Gasteiger partial charge < -0.3 is 10.5 Å². The molecule has 1 unspecified atom stereocenters. The quantitative estimate of drug-likeness (QED) is 0.812. The van der Waals surface area contributed by atoms with Crippen LogP contribution in [-0.4, -0.2) is 6.04 Å². The number of aryl methyl sites for hydroxylation is 2. The van der Waals surface area contributed by atoms with Crippen molar-refractivity contribution in [2.45, 2.75) is 39.7 Å². The van der Waals surface area contributed by atoms with Gasteiger partial charge in [0, 0.05) is 10.5 Å². The molecule has 0 fully saturated rings. The van der Waals surface area contributed by atoms with Gasteiger partial charge in [-0.25, -0.2) is 0 Å². The van der Waals surface area contributed by atoms with E-state index in [-0.39, 0.29) is 6.04 Å². The van der Waals surface area contributed by atoms with Crippen LogP contribution >= 0.6 is 15.9 Å². The Labute approximate surface area is 135 Å². The average Bonchev–Trinajstić information content (AvgIpc) is 2.44. The summed E-state index contributed by atoms with van der Waals surface area (Å²) in [5.74, 6) is 1.73. The van der Waals surface area contributed by atoms with E-state index in [4.69, 9.17) is 10.5 Å². The van der Waals surface area contributed by atoms with Crippen molar-refractivity contribution < 1.29 is 4.74 Å². The van der Waals surface area contributed by atoms with Gasteiger partial charge in [-0.15, -0.1) is 0 Å². The van der Waals surface area contributed by atoms with Crippen molar-refractivity contribution in [1.29, 1.82) is 0 Å². The molecule has 2 N–H and O–H groups in total. The molecule has 0 heterocycles. The van der Waals surface area contributed by atoms with Crippen LogP contribution in [0.1, 0.15) is 30.0 Å². The van der Waals surface area contributed by atoms with E-state index in [0.29, 0.717) is 0 Å². The van der Waals surface area contributed by atoms with Crippen molar-refractivity contribution in [3.63, 3.8) is 0 Å². The number of benzene rings is 2. The van der Waals surface area contributed by atoms with Crippen LogP contribution in [0.5, 0.6) is 11.5 Å². The van der Waals surface area contributed by atoms with Crippen molar-refractivity contribution in [3.05, 3.63) is 57.6 Å². The van der Waals surface area contributed by atoms with Gasteiger partial charge in [0.1, 0.15) is 11.5 Å². The fraction of sp³-hybridized carbons (Fsp3) is 0.333. The second-order valence-corrected chi connectivity index (χ2v) is 6.35. The first kappa shape index (κ1) is 16.1. The largest absolute Gasteiger partial charge is 0.457 e.